The molecule has 1 aromatic carbocycles. The Morgan fingerprint density at radius 3 is 2.85 bits per heavy atom. The summed E-state index contributed by atoms with van der Waals surface area (Å²) in [5.41, 5.74) is 7.10. The first-order valence-corrected chi connectivity index (χ1v) is 10.0. The number of nitrogens with zero attached hydrogens (tertiary/aromatic N) is 3. The van der Waals surface area contributed by atoms with Crippen molar-refractivity contribution in [3.63, 3.8) is 0 Å². The lowest BCUT2D eigenvalue weighted by Gasteiger charge is -2.32. The second-order valence-electron chi connectivity index (χ2n) is 7.11. The first kappa shape index (κ1) is 16.4. The zero-order valence-electron chi connectivity index (χ0n) is 15.1. The Labute approximate surface area is 161 Å². The second kappa shape index (κ2) is 6.46. The Bertz CT molecular complexity index is 1000. The van der Waals surface area contributed by atoms with E-state index in [1.165, 1.54) is 10.4 Å². The summed E-state index contributed by atoms with van der Waals surface area (Å²) < 4.78 is 0. The zero-order chi connectivity index (χ0) is 18.3. The summed E-state index contributed by atoms with van der Waals surface area (Å²) in [5.74, 6) is 0.466. The molecule has 0 amide bonds. The van der Waals surface area contributed by atoms with Gasteiger partial charge in [-0.1, -0.05) is 47.6 Å². The van der Waals surface area contributed by atoms with Crippen LogP contribution in [0.1, 0.15) is 40.2 Å². The number of oxime groups is 1. The number of fused-ring (bicyclic) bond motifs is 1. The van der Waals surface area contributed by atoms with E-state index >= 15 is 0 Å². The highest BCUT2D eigenvalue weighted by atomic mass is 32.1. The van der Waals surface area contributed by atoms with E-state index in [1.807, 2.05) is 11.7 Å². The Kier molecular flexibility index (Phi) is 3.93. The minimum atomic E-state index is -0.225. The molecule has 1 N–H and O–H groups in total. The molecule has 1 atom stereocenters. The van der Waals surface area contributed by atoms with Crippen molar-refractivity contribution in [2.75, 3.05) is 7.11 Å². The number of rotatable bonds is 5. The predicted molar refractivity (Wildman–Crippen MR) is 107 cm³/mol. The molecule has 0 radical (unpaired) electrons. The molecule has 0 saturated heterocycles. The van der Waals surface area contributed by atoms with Gasteiger partial charge in [-0.25, -0.2) is 0 Å². The van der Waals surface area contributed by atoms with Crippen LogP contribution in [-0.2, 0) is 16.7 Å². The standard InChI is InChI=1S/C21H20N4OS/c1-26-25-19(14-7-8-14)20-16-9-10-21(11-17(16)23-24-20,18-12-22-13-27-18)15-5-3-2-4-6-15/h2-6,9-10,12-14H,7-8,11H2,1H3,(H,23,24). The van der Waals surface area contributed by atoms with Crippen LogP contribution in [0.25, 0.3) is 6.08 Å². The van der Waals surface area contributed by atoms with Gasteiger partial charge in [0.1, 0.15) is 18.5 Å². The number of aromatic amines is 1. The number of allylic oxidation sites excluding steroid dienone is 1. The third kappa shape index (κ3) is 2.72. The molecule has 5 rings (SSSR count). The van der Waals surface area contributed by atoms with Crippen LogP contribution >= 0.6 is 11.3 Å². The number of benzene rings is 1. The summed E-state index contributed by atoms with van der Waals surface area (Å²) >= 11 is 1.69. The largest absolute Gasteiger partial charge is 0.399 e. The lowest BCUT2D eigenvalue weighted by Crippen LogP contribution is -2.29. The molecule has 1 saturated carbocycles. The molecular weight excluding hydrogens is 356 g/mol. The van der Waals surface area contributed by atoms with E-state index in [0.717, 1.165) is 41.9 Å². The topological polar surface area (TPSA) is 63.2 Å². The summed E-state index contributed by atoms with van der Waals surface area (Å²) in [6, 6.07) is 10.6. The van der Waals surface area contributed by atoms with Gasteiger partial charge in [0.15, 0.2) is 0 Å². The molecule has 1 unspecified atom stereocenters. The van der Waals surface area contributed by atoms with Crippen LogP contribution in [0.15, 0.2) is 53.3 Å². The van der Waals surface area contributed by atoms with Crippen molar-refractivity contribution in [2.45, 2.75) is 24.7 Å². The number of aromatic nitrogens is 3. The monoisotopic (exact) mass is 376 g/mol. The van der Waals surface area contributed by atoms with Gasteiger partial charge in [0.2, 0.25) is 0 Å². The highest BCUT2D eigenvalue weighted by Crippen LogP contribution is 2.44. The number of thiazole rings is 1. The van der Waals surface area contributed by atoms with Gasteiger partial charge in [0.05, 0.1) is 10.9 Å². The van der Waals surface area contributed by atoms with Crippen LogP contribution in [0.5, 0.6) is 0 Å². The van der Waals surface area contributed by atoms with E-state index in [4.69, 9.17) is 4.84 Å². The number of hydrogen-bond acceptors (Lipinski definition) is 5. The lowest BCUT2D eigenvalue weighted by atomic mass is 9.72. The smallest absolute Gasteiger partial charge is 0.117 e. The molecule has 0 spiro atoms. The maximum atomic E-state index is 5.09. The third-order valence-corrected chi connectivity index (χ3v) is 6.38. The molecule has 6 heteroatoms. The molecular formula is C21H20N4OS. The molecule has 0 bridgehead atoms. The molecule has 27 heavy (non-hydrogen) atoms. The van der Waals surface area contributed by atoms with Crippen molar-refractivity contribution in [3.8, 4) is 0 Å². The van der Waals surface area contributed by atoms with Gasteiger partial charge in [-0.05, 0) is 18.4 Å². The highest BCUT2D eigenvalue weighted by molar-refractivity contribution is 7.09. The van der Waals surface area contributed by atoms with Crippen LogP contribution < -0.4 is 0 Å². The third-order valence-electron chi connectivity index (χ3n) is 5.43. The summed E-state index contributed by atoms with van der Waals surface area (Å²) in [6.45, 7) is 0. The van der Waals surface area contributed by atoms with E-state index < -0.39 is 0 Å². The van der Waals surface area contributed by atoms with Gasteiger partial charge in [-0.2, -0.15) is 5.10 Å². The Balaban J connectivity index is 1.61. The molecule has 1 fully saturated rings. The lowest BCUT2D eigenvalue weighted by molar-refractivity contribution is 0.212. The number of hydrogen-bond donors (Lipinski definition) is 1. The molecule has 2 aromatic heterocycles. The molecule has 3 aromatic rings. The Hall–Kier alpha value is -2.73. The fourth-order valence-corrected chi connectivity index (χ4v) is 4.73. The average molecular weight is 376 g/mol. The van der Waals surface area contributed by atoms with E-state index in [-0.39, 0.29) is 5.41 Å². The molecule has 2 heterocycles. The molecule has 5 nitrogen and oxygen atoms in total. The molecule has 0 aliphatic heterocycles. The van der Waals surface area contributed by atoms with Crippen LogP contribution in [0.2, 0.25) is 0 Å². The van der Waals surface area contributed by atoms with E-state index in [9.17, 15) is 0 Å². The van der Waals surface area contributed by atoms with Crippen molar-refractivity contribution in [3.05, 3.63) is 75.5 Å². The normalized spacial score (nSPS) is 21.9. The van der Waals surface area contributed by atoms with Crippen LogP contribution in [-0.4, -0.2) is 28.0 Å². The van der Waals surface area contributed by atoms with E-state index in [1.54, 1.807) is 18.4 Å². The summed E-state index contributed by atoms with van der Waals surface area (Å²) in [4.78, 5) is 10.7. The zero-order valence-corrected chi connectivity index (χ0v) is 15.9. The van der Waals surface area contributed by atoms with Gasteiger partial charge < -0.3 is 4.84 Å². The highest BCUT2D eigenvalue weighted by Gasteiger charge is 2.39. The minimum Gasteiger partial charge on any atom is -0.399 e. The maximum absolute atomic E-state index is 5.09. The van der Waals surface area contributed by atoms with Gasteiger partial charge in [-0.3, -0.25) is 10.1 Å². The van der Waals surface area contributed by atoms with Crippen molar-refractivity contribution < 1.29 is 4.84 Å². The van der Waals surface area contributed by atoms with Crippen LogP contribution in [0.3, 0.4) is 0 Å². The molecule has 2 aliphatic rings. The fourth-order valence-electron chi connectivity index (χ4n) is 3.91. The molecule has 136 valence electrons. The Morgan fingerprint density at radius 2 is 2.15 bits per heavy atom. The van der Waals surface area contributed by atoms with Crippen LogP contribution in [0.4, 0.5) is 0 Å². The Morgan fingerprint density at radius 1 is 1.30 bits per heavy atom. The fraction of sp³-hybridized carbons (Fsp3) is 0.286. The van der Waals surface area contributed by atoms with E-state index in [0.29, 0.717) is 5.92 Å². The minimum absolute atomic E-state index is 0.225. The van der Waals surface area contributed by atoms with Crippen molar-refractivity contribution in [2.24, 2.45) is 11.1 Å². The summed E-state index contributed by atoms with van der Waals surface area (Å²) in [5, 5.41) is 12.2. The quantitative estimate of drug-likeness (QED) is 0.537. The predicted octanol–water partition coefficient (Wildman–Crippen LogP) is 4.18. The maximum Gasteiger partial charge on any atom is 0.117 e. The summed E-state index contributed by atoms with van der Waals surface area (Å²) in [7, 11) is 1.60. The van der Waals surface area contributed by atoms with Gasteiger partial charge in [0.25, 0.3) is 0 Å². The van der Waals surface area contributed by atoms with Crippen molar-refractivity contribution in [1.82, 2.24) is 15.2 Å². The SMILES string of the molecule is CON=C(c1n[nH]c2c1C=CC(c1ccccc1)(c1cncs1)C2)C1CC1. The van der Waals surface area contributed by atoms with Crippen molar-refractivity contribution >= 4 is 23.1 Å². The van der Waals surface area contributed by atoms with Crippen molar-refractivity contribution in [1.29, 1.82) is 0 Å². The van der Waals surface area contributed by atoms with Gasteiger partial charge in [-0.15, -0.1) is 11.3 Å². The van der Waals surface area contributed by atoms with E-state index in [2.05, 4.69) is 62.8 Å². The van der Waals surface area contributed by atoms with Gasteiger partial charge in [0, 0.05) is 34.7 Å². The van der Waals surface area contributed by atoms with Gasteiger partial charge >= 0.3 is 0 Å². The first-order valence-electron chi connectivity index (χ1n) is 9.14. The number of H-pyrrole nitrogens is 1. The first-order chi connectivity index (χ1) is 13.3. The molecule has 2 aliphatic carbocycles. The average Bonchev–Trinajstić information content (AvgIpc) is 3.24. The summed E-state index contributed by atoms with van der Waals surface area (Å²) in [6.07, 6.45) is 9.60. The second-order valence-corrected chi connectivity index (χ2v) is 8.00. The number of nitrogens with one attached hydrogen (secondary N) is 1. The van der Waals surface area contributed by atoms with Crippen LogP contribution in [0, 0.1) is 5.92 Å².